The number of anilines is 1. The van der Waals surface area contributed by atoms with E-state index in [-0.39, 0.29) is 36.4 Å². The number of carbonyl (C=O) groups excluding carboxylic acids is 3. The van der Waals surface area contributed by atoms with Gasteiger partial charge in [0, 0.05) is 50.3 Å². The van der Waals surface area contributed by atoms with Gasteiger partial charge in [0.05, 0.1) is 25.1 Å². The highest BCUT2D eigenvalue weighted by Crippen LogP contribution is 2.27. The molecule has 3 aromatic rings. The maximum atomic E-state index is 13.5. The van der Waals surface area contributed by atoms with E-state index in [4.69, 9.17) is 4.74 Å². The first-order valence-corrected chi connectivity index (χ1v) is 12.6. The Morgan fingerprint density at radius 3 is 2.21 bits per heavy atom. The third-order valence-electron chi connectivity index (χ3n) is 6.42. The normalized spacial score (nSPS) is 13.3. The lowest BCUT2D eigenvalue weighted by molar-refractivity contribution is -0.140. The minimum absolute atomic E-state index is 0.0513. The molecule has 1 saturated heterocycles. The fraction of sp³-hybridized carbons (Fsp3) is 0.357. The summed E-state index contributed by atoms with van der Waals surface area (Å²) in [6, 6.07) is 15.5. The van der Waals surface area contributed by atoms with Crippen molar-refractivity contribution < 1.29 is 28.2 Å². The second-order valence-corrected chi connectivity index (χ2v) is 8.87. The van der Waals surface area contributed by atoms with Gasteiger partial charge in [0.1, 0.15) is 5.82 Å². The maximum Gasteiger partial charge on any atom is 0.358 e. The molecule has 2 aromatic carbocycles. The molecular formula is C28H31FN4O5. The number of methoxy groups -OCH3 is 1. The van der Waals surface area contributed by atoms with Gasteiger partial charge in [-0.3, -0.25) is 9.59 Å². The van der Waals surface area contributed by atoms with E-state index in [2.05, 4.69) is 14.7 Å². The van der Waals surface area contributed by atoms with Crippen LogP contribution in [0.15, 0.2) is 54.6 Å². The summed E-state index contributed by atoms with van der Waals surface area (Å²) in [6.45, 7) is 4.58. The fourth-order valence-corrected chi connectivity index (χ4v) is 4.37. The molecule has 0 bridgehead atoms. The minimum Gasteiger partial charge on any atom is -0.469 e. The molecule has 0 atom stereocenters. The Hall–Kier alpha value is -4.21. The molecule has 0 radical (unpaired) electrons. The topological polar surface area (TPSA) is 94.0 Å². The molecule has 1 aromatic heterocycles. The van der Waals surface area contributed by atoms with E-state index in [9.17, 15) is 18.8 Å². The van der Waals surface area contributed by atoms with Crippen LogP contribution in [0.2, 0.25) is 0 Å². The van der Waals surface area contributed by atoms with E-state index >= 15 is 0 Å². The lowest BCUT2D eigenvalue weighted by Gasteiger charge is -2.36. The second-order valence-electron chi connectivity index (χ2n) is 8.87. The monoisotopic (exact) mass is 522 g/mol. The molecule has 0 saturated carbocycles. The zero-order valence-corrected chi connectivity index (χ0v) is 21.6. The average Bonchev–Trinajstić information content (AvgIpc) is 3.39. The molecule has 9 nitrogen and oxygen atoms in total. The van der Waals surface area contributed by atoms with Gasteiger partial charge in [-0.2, -0.15) is 5.10 Å². The van der Waals surface area contributed by atoms with Crippen LogP contribution in [0.25, 0.3) is 16.9 Å². The van der Waals surface area contributed by atoms with Crippen molar-refractivity contribution in [3.05, 3.63) is 66.1 Å². The van der Waals surface area contributed by atoms with E-state index in [1.165, 1.54) is 19.2 Å². The summed E-state index contributed by atoms with van der Waals surface area (Å²) < 4.78 is 24.8. The van der Waals surface area contributed by atoms with Gasteiger partial charge in [0.15, 0.2) is 5.69 Å². The summed E-state index contributed by atoms with van der Waals surface area (Å²) in [4.78, 5) is 40.1. The van der Waals surface area contributed by atoms with Gasteiger partial charge in [-0.05, 0) is 55.8 Å². The van der Waals surface area contributed by atoms with Gasteiger partial charge in [-0.15, -0.1) is 0 Å². The van der Waals surface area contributed by atoms with E-state index < -0.39 is 5.97 Å². The van der Waals surface area contributed by atoms with E-state index in [1.54, 1.807) is 29.8 Å². The summed E-state index contributed by atoms with van der Waals surface area (Å²) in [5.41, 5.74) is 3.31. The Morgan fingerprint density at radius 2 is 1.58 bits per heavy atom. The van der Waals surface area contributed by atoms with Gasteiger partial charge in [-0.1, -0.05) is 12.1 Å². The van der Waals surface area contributed by atoms with Gasteiger partial charge < -0.3 is 19.3 Å². The van der Waals surface area contributed by atoms with Crippen molar-refractivity contribution in [1.29, 1.82) is 0 Å². The number of aromatic nitrogens is 2. The number of benzene rings is 2. The summed E-state index contributed by atoms with van der Waals surface area (Å²) in [5, 5.41) is 4.42. The van der Waals surface area contributed by atoms with Crippen molar-refractivity contribution in [2.24, 2.45) is 0 Å². The number of rotatable bonds is 9. The Labute approximate surface area is 220 Å². The van der Waals surface area contributed by atoms with Gasteiger partial charge >= 0.3 is 11.9 Å². The van der Waals surface area contributed by atoms with Crippen LogP contribution in [-0.4, -0.2) is 72.4 Å². The third kappa shape index (κ3) is 6.37. The van der Waals surface area contributed by atoms with Crippen molar-refractivity contribution in [2.75, 3.05) is 44.8 Å². The number of amides is 1. The molecule has 1 amide bonds. The van der Waals surface area contributed by atoms with Crippen LogP contribution in [0.3, 0.4) is 0 Å². The highest BCUT2D eigenvalue weighted by Gasteiger charge is 2.22. The molecule has 0 N–H and O–H groups in total. The standard InChI is InChI=1S/C28H31FN4O5/c1-3-38-28(36)24-19-25(33(30-24)23-13-9-21(29)10-14-23)20-7-11-22(12-8-20)31-15-17-32(18-16-31)26(34)5-4-6-27(35)37-2/h7-14,19H,3-6,15-18H2,1-2H3. The van der Waals surface area contributed by atoms with Gasteiger partial charge in [-0.25, -0.2) is 13.9 Å². The Bertz CT molecular complexity index is 1270. The predicted octanol–water partition coefficient (Wildman–Crippen LogP) is 3.85. The van der Waals surface area contributed by atoms with Crippen molar-refractivity contribution in [2.45, 2.75) is 26.2 Å². The molecule has 0 spiro atoms. The molecule has 0 aliphatic carbocycles. The zero-order valence-electron chi connectivity index (χ0n) is 21.6. The number of esters is 2. The van der Waals surface area contributed by atoms with Gasteiger partial charge in [0.2, 0.25) is 5.91 Å². The maximum absolute atomic E-state index is 13.5. The minimum atomic E-state index is -0.524. The first kappa shape index (κ1) is 26.8. The summed E-state index contributed by atoms with van der Waals surface area (Å²) in [6.07, 6.45) is 1.06. The SMILES string of the molecule is CCOC(=O)c1cc(-c2ccc(N3CCN(C(=O)CCCC(=O)OC)CC3)cc2)n(-c2ccc(F)cc2)n1. The number of nitrogens with zero attached hydrogens (tertiary/aromatic N) is 4. The van der Waals surface area contributed by atoms with Crippen LogP contribution in [0, 0.1) is 5.82 Å². The number of halogens is 1. The molecule has 1 aliphatic rings. The first-order valence-electron chi connectivity index (χ1n) is 12.6. The third-order valence-corrected chi connectivity index (χ3v) is 6.42. The molecule has 1 aliphatic heterocycles. The van der Waals surface area contributed by atoms with Crippen molar-refractivity contribution in [3.8, 4) is 16.9 Å². The smallest absolute Gasteiger partial charge is 0.358 e. The number of piperazine rings is 1. The second kappa shape index (κ2) is 12.4. The van der Waals surface area contributed by atoms with Crippen LogP contribution in [0.5, 0.6) is 0 Å². The highest BCUT2D eigenvalue weighted by atomic mass is 19.1. The molecule has 0 unspecified atom stereocenters. The molecule has 200 valence electrons. The summed E-state index contributed by atoms with van der Waals surface area (Å²) >= 11 is 0. The van der Waals surface area contributed by atoms with E-state index in [0.29, 0.717) is 50.4 Å². The van der Waals surface area contributed by atoms with E-state index in [0.717, 1.165) is 11.3 Å². The number of ether oxygens (including phenoxy) is 2. The zero-order chi connectivity index (χ0) is 27.1. The van der Waals surface area contributed by atoms with Crippen molar-refractivity contribution >= 4 is 23.5 Å². The molecule has 10 heteroatoms. The number of carbonyl (C=O) groups is 3. The van der Waals surface area contributed by atoms with Crippen molar-refractivity contribution in [1.82, 2.24) is 14.7 Å². The lowest BCUT2D eigenvalue weighted by Crippen LogP contribution is -2.48. The average molecular weight is 523 g/mol. The summed E-state index contributed by atoms with van der Waals surface area (Å²) in [7, 11) is 1.34. The quantitative estimate of drug-likeness (QED) is 0.394. The molecule has 1 fully saturated rings. The predicted molar refractivity (Wildman–Crippen MR) is 140 cm³/mol. The Kier molecular flexibility index (Phi) is 8.73. The molecule has 38 heavy (non-hydrogen) atoms. The molecule has 2 heterocycles. The Morgan fingerprint density at radius 1 is 0.921 bits per heavy atom. The molecule has 4 rings (SSSR count). The van der Waals surface area contributed by atoms with Crippen LogP contribution in [0.4, 0.5) is 10.1 Å². The summed E-state index contributed by atoms with van der Waals surface area (Å²) in [5.74, 6) is -1.14. The number of hydrogen-bond acceptors (Lipinski definition) is 7. The van der Waals surface area contributed by atoms with Crippen LogP contribution >= 0.6 is 0 Å². The molecular weight excluding hydrogens is 491 g/mol. The van der Waals surface area contributed by atoms with Crippen LogP contribution in [-0.2, 0) is 19.1 Å². The van der Waals surface area contributed by atoms with Gasteiger partial charge in [0.25, 0.3) is 0 Å². The van der Waals surface area contributed by atoms with Crippen molar-refractivity contribution in [3.63, 3.8) is 0 Å². The largest absolute Gasteiger partial charge is 0.469 e. The Balaban J connectivity index is 1.45. The lowest BCUT2D eigenvalue weighted by atomic mass is 10.1. The highest BCUT2D eigenvalue weighted by molar-refractivity contribution is 5.89. The number of hydrogen-bond donors (Lipinski definition) is 0. The van der Waals surface area contributed by atoms with Crippen LogP contribution in [0.1, 0.15) is 36.7 Å². The van der Waals surface area contributed by atoms with Crippen LogP contribution < -0.4 is 4.90 Å². The fourth-order valence-electron chi connectivity index (χ4n) is 4.37. The first-order chi connectivity index (χ1) is 18.4. The van der Waals surface area contributed by atoms with E-state index in [1.807, 2.05) is 29.2 Å².